The molecule has 0 aliphatic carbocycles. The molecule has 130 valence electrons. The fourth-order valence-electron chi connectivity index (χ4n) is 2.20. The topological polar surface area (TPSA) is 121 Å². The molecule has 1 heterocycles. The van der Waals surface area contributed by atoms with E-state index in [9.17, 15) is 24.5 Å². The minimum absolute atomic E-state index is 0.00146. The van der Waals surface area contributed by atoms with E-state index in [1.165, 1.54) is 13.2 Å². The van der Waals surface area contributed by atoms with Crippen LogP contribution in [0.2, 0.25) is 0 Å². The number of nitro groups is 1. The van der Waals surface area contributed by atoms with Crippen molar-refractivity contribution in [2.75, 3.05) is 14.2 Å². The van der Waals surface area contributed by atoms with Crippen LogP contribution in [0.4, 0.5) is 5.69 Å². The largest absolute Gasteiger partial charge is 0.465 e. The Hall–Kier alpha value is -3.49. The van der Waals surface area contributed by atoms with E-state index in [0.717, 1.165) is 17.7 Å². The van der Waals surface area contributed by atoms with Crippen LogP contribution in [0.3, 0.4) is 0 Å². The lowest BCUT2D eigenvalue weighted by molar-refractivity contribution is -0.386. The molecule has 1 N–H and O–H groups in total. The fourth-order valence-corrected chi connectivity index (χ4v) is 2.20. The number of rotatable bonds is 5. The second-order valence-corrected chi connectivity index (χ2v) is 5.07. The maximum Gasteiger partial charge on any atom is 0.339 e. The van der Waals surface area contributed by atoms with E-state index in [1.807, 2.05) is 0 Å². The van der Waals surface area contributed by atoms with Crippen molar-refractivity contribution < 1.29 is 19.2 Å². The highest BCUT2D eigenvalue weighted by molar-refractivity contribution is 5.94. The van der Waals surface area contributed by atoms with Crippen LogP contribution in [-0.2, 0) is 11.3 Å². The first-order valence-corrected chi connectivity index (χ1v) is 7.15. The third-order valence-electron chi connectivity index (χ3n) is 3.48. The molecular formula is C16H15N3O6. The maximum absolute atomic E-state index is 12.2. The van der Waals surface area contributed by atoms with Gasteiger partial charge in [0.05, 0.1) is 24.1 Å². The average Bonchev–Trinajstić information content (AvgIpc) is 2.62. The van der Waals surface area contributed by atoms with Gasteiger partial charge in [-0.15, -0.1) is 0 Å². The van der Waals surface area contributed by atoms with Crippen LogP contribution in [0, 0.1) is 10.1 Å². The maximum atomic E-state index is 12.2. The normalized spacial score (nSPS) is 10.2. The number of hydrogen-bond acceptors (Lipinski definition) is 6. The van der Waals surface area contributed by atoms with Gasteiger partial charge in [-0.3, -0.25) is 19.7 Å². The van der Waals surface area contributed by atoms with E-state index < -0.39 is 22.1 Å². The van der Waals surface area contributed by atoms with Gasteiger partial charge in [0.2, 0.25) is 0 Å². The third kappa shape index (κ3) is 3.89. The molecule has 0 aliphatic heterocycles. The van der Waals surface area contributed by atoms with Crippen molar-refractivity contribution in [3.63, 3.8) is 0 Å². The predicted octanol–water partition coefficient (Wildman–Crippen LogP) is 0.951. The van der Waals surface area contributed by atoms with Crippen LogP contribution in [0.15, 0.2) is 41.3 Å². The highest BCUT2D eigenvalue weighted by atomic mass is 16.6. The Morgan fingerprint density at radius 1 is 1.24 bits per heavy atom. The van der Waals surface area contributed by atoms with Crippen molar-refractivity contribution in [3.05, 3.63) is 73.7 Å². The monoisotopic (exact) mass is 345 g/mol. The van der Waals surface area contributed by atoms with E-state index in [4.69, 9.17) is 0 Å². The van der Waals surface area contributed by atoms with Crippen molar-refractivity contribution >= 4 is 17.6 Å². The minimum Gasteiger partial charge on any atom is -0.465 e. The summed E-state index contributed by atoms with van der Waals surface area (Å²) >= 11 is 0. The van der Waals surface area contributed by atoms with Gasteiger partial charge in [0.25, 0.3) is 5.91 Å². The zero-order valence-corrected chi connectivity index (χ0v) is 13.5. The molecule has 0 fully saturated rings. The molecule has 0 saturated carbocycles. The lowest BCUT2D eigenvalue weighted by atomic mass is 10.1. The number of carbonyl (C=O) groups is 2. The van der Waals surface area contributed by atoms with E-state index >= 15 is 0 Å². The quantitative estimate of drug-likeness (QED) is 0.489. The van der Waals surface area contributed by atoms with Crippen molar-refractivity contribution in [1.82, 2.24) is 9.88 Å². The van der Waals surface area contributed by atoms with Crippen molar-refractivity contribution in [3.8, 4) is 0 Å². The van der Waals surface area contributed by atoms with Crippen LogP contribution >= 0.6 is 0 Å². The molecule has 2 rings (SSSR count). The van der Waals surface area contributed by atoms with Crippen LogP contribution < -0.4 is 10.9 Å². The lowest BCUT2D eigenvalue weighted by Crippen LogP contribution is -2.24. The number of esters is 1. The number of carbonyl (C=O) groups excluding carboxylic acids is 2. The Kier molecular flexibility index (Phi) is 5.28. The number of aromatic nitrogens is 1. The zero-order chi connectivity index (χ0) is 18.6. The van der Waals surface area contributed by atoms with Gasteiger partial charge in [0.15, 0.2) is 0 Å². The zero-order valence-electron chi connectivity index (χ0n) is 13.5. The van der Waals surface area contributed by atoms with Crippen molar-refractivity contribution in [1.29, 1.82) is 0 Å². The fraction of sp³-hybridized carbons (Fsp3) is 0.188. The number of nitrogens with one attached hydrogen (secondary N) is 1. The first-order chi connectivity index (χ1) is 11.9. The average molecular weight is 345 g/mol. The summed E-state index contributed by atoms with van der Waals surface area (Å²) in [6.45, 7) is -0.00146. The molecule has 9 nitrogen and oxygen atoms in total. The van der Waals surface area contributed by atoms with Crippen LogP contribution in [0.25, 0.3) is 0 Å². The van der Waals surface area contributed by atoms with Crippen molar-refractivity contribution in [2.24, 2.45) is 0 Å². The minimum atomic E-state index is -0.847. The molecule has 0 bridgehead atoms. The van der Waals surface area contributed by atoms with Crippen LogP contribution in [-0.4, -0.2) is 35.5 Å². The molecule has 2 aromatic rings. The van der Waals surface area contributed by atoms with E-state index in [2.05, 4.69) is 10.1 Å². The second kappa shape index (κ2) is 7.39. The molecule has 0 aliphatic rings. The molecule has 0 spiro atoms. The summed E-state index contributed by atoms with van der Waals surface area (Å²) < 4.78 is 5.60. The molecule has 1 aromatic carbocycles. The Balaban J connectivity index is 2.43. The summed E-state index contributed by atoms with van der Waals surface area (Å²) in [6, 6.07) is 7.26. The van der Waals surface area contributed by atoms with Crippen LogP contribution in [0.1, 0.15) is 26.3 Å². The number of pyridine rings is 1. The Bertz CT molecular complexity index is 886. The first-order valence-electron chi connectivity index (χ1n) is 7.15. The molecule has 0 unspecified atom stereocenters. The summed E-state index contributed by atoms with van der Waals surface area (Å²) in [4.78, 5) is 45.6. The summed E-state index contributed by atoms with van der Waals surface area (Å²) in [5, 5.41) is 13.5. The second-order valence-electron chi connectivity index (χ2n) is 5.07. The van der Waals surface area contributed by atoms with Gasteiger partial charge >= 0.3 is 17.2 Å². The highest BCUT2D eigenvalue weighted by Gasteiger charge is 2.20. The van der Waals surface area contributed by atoms with Gasteiger partial charge in [-0.2, -0.15) is 0 Å². The van der Waals surface area contributed by atoms with E-state index in [1.54, 1.807) is 24.3 Å². The molecule has 0 radical (unpaired) electrons. The number of ether oxygens (including phenoxy) is 1. The molecule has 9 heteroatoms. The molecular weight excluding hydrogens is 330 g/mol. The van der Waals surface area contributed by atoms with Gasteiger partial charge in [0.1, 0.15) is 0 Å². The number of hydrogen-bond donors (Lipinski definition) is 1. The first kappa shape index (κ1) is 17.9. The van der Waals surface area contributed by atoms with Gasteiger partial charge in [0, 0.05) is 24.9 Å². The summed E-state index contributed by atoms with van der Waals surface area (Å²) in [7, 11) is 2.65. The lowest BCUT2D eigenvalue weighted by Gasteiger charge is -2.09. The predicted molar refractivity (Wildman–Crippen MR) is 87.6 cm³/mol. The number of amides is 1. The Labute approximate surface area is 142 Å². The highest BCUT2D eigenvalue weighted by Crippen LogP contribution is 2.12. The molecule has 1 amide bonds. The van der Waals surface area contributed by atoms with Gasteiger partial charge in [-0.05, 0) is 17.7 Å². The van der Waals surface area contributed by atoms with Gasteiger partial charge in [-0.25, -0.2) is 4.79 Å². The summed E-state index contributed by atoms with van der Waals surface area (Å²) in [5.41, 5.74) is -0.590. The number of benzene rings is 1. The third-order valence-corrected chi connectivity index (χ3v) is 3.48. The molecule has 0 saturated heterocycles. The Morgan fingerprint density at radius 2 is 1.88 bits per heavy atom. The standard InChI is InChI=1S/C16H15N3O6/c1-17-14(20)11-5-3-10(4-6-11)8-18-9-12(16(22)25-2)7-13(15(18)21)19(23)24/h3-7,9H,8H2,1-2H3,(H,17,20). The molecule has 25 heavy (non-hydrogen) atoms. The van der Waals surface area contributed by atoms with E-state index in [-0.39, 0.29) is 18.0 Å². The smallest absolute Gasteiger partial charge is 0.339 e. The molecule has 0 atom stereocenters. The number of nitrogens with zero attached hydrogens (tertiary/aromatic N) is 2. The SMILES string of the molecule is CNC(=O)c1ccc(Cn2cc(C(=O)OC)cc([N+](=O)[O-])c2=O)cc1. The Morgan fingerprint density at radius 3 is 2.40 bits per heavy atom. The summed E-state index contributed by atoms with van der Waals surface area (Å²) in [6.07, 6.45) is 1.20. The summed E-state index contributed by atoms with van der Waals surface area (Å²) in [5.74, 6) is -1.04. The van der Waals surface area contributed by atoms with Crippen molar-refractivity contribution in [2.45, 2.75) is 6.54 Å². The van der Waals surface area contributed by atoms with E-state index in [0.29, 0.717) is 11.1 Å². The van der Waals surface area contributed by atoms with Gasteiger partial charge < -0.3 is 14.6 Å². The number of methoxy groups -OCH3 is 1. The molecule has 1 aromatic heterocycles. The van der Waals surface area contributed by atoms with Crippen LogP contribution in [0.5, 0.6) is 0 Å². The van der Waals surface area contributed by atoms with Gasteiger partial charge in [-0.1, -0.05) is 12.1 Å².